The third-order valence-corrected chi connectivity index (χ3v) is 11.6. The number of benzene rings is 2. The molecule has 2 aliphatic rings. The Morgan fingerprint density at radius 3 is 1.33 bits per heavy atom. The van der Waals surface area contributed by atoms with Crippen molar-refractivity contribution in [2.75, 3.05) is 14.2 Å². The predicted octanol–water partition coefficient (Wildman–Crippen LogP) is 1.41. The molecule has 0 amide bonds. The molecule has 0 aromatic heterocycles. The monoisotopic (exact) mass is 804 g/mol. The van der Waals surface area contributed by atoms with E-state index in [2.05, 4.69) is 0 Å². The summed E-state index contributed by atoms with van der Waals surface area (Å²) in [5.74, 6) is -2.56. The van der Waals surface area contributed by atoms with Crippen LogP contribution < -0.4 is 34.7 Å². The molecule has 0 radical (unpaired) electrons. The summed E-state index contributed by atoms with van der Waals surface area (Å²) < 4.78 is 27.2. The normalized spacial score (nSPS) is 26.7. The molecule has 13 nitrogen and oxygen atoms in total. The molecule has 4 rings (SSSR count). The van der Waals surface area contributed by atoms with Gasteiger partial charge in [0, 0.05) is 50.2 Å². The number of aliphatic hydroxyl groups is 2. The maximum atomic E-state index is 12.6. The number of ether oxygens (including phenoxy) is 5. The number of carbonyl (C=O) groups excluding carboxylic acids is 5. The van der Waals surface area contributed by atoms with Crippen LogP contribution in [0.25, 0.3) is 0 Å². The van der Waals surface area contributed by atoms with E-state index in [0.29, 0.717) is 11.1 Å². The molecule has 0 bridgehead atoms. The summed E-state index contributed by atoms with van der Waals surface area (Å²) in [7, 11) is 1.75. The predicted molar refractivity (Wildman–Crippen MR) is 200 cm³/mol. The SMILES string of the molecule is CC[C@H]1SC(O)[C@H](OC(=O)c2ccccc2)[C@@H](OC(=O)c2ccccc2)[C@@H]1C.CC[C@H]1SC(OC(C)=O)[C@H](OC(C)=O)[C@@H](OC(C)=O)[C@@H]1C.CO.C[O-].[Na+]. The van der Waals surface area contributed by atoms with Gasteiger partial charge in [-0.25, -0.2) is 9.59 Å². The number of hydrogen-bond donors (Lipinski definition) is 2. The van der Waals surface area contributed by atoms with Crippen LogP contribution in [0.1, 0.15) is 82.0 Å². The van der Waals surface area contributed by atoms with Gasteiger partial charge in [0.1, 0.15) is 17.6 Å². The molecular formula is C38H53NaO13S2. The first kappa shape index (κ1) is 51.4. The number of thioether (sulfide) groups is 2. The van der Waals surface area contributed by atoms with Gasteiger partial charge in [-0.05, 0) is 37.1 Å². The zero-order valence-electron chi connectivity index (χ0n) is 32.7. The van der Waals surface area contributed by atoms with Crippen molar-refractivity contribution in [1.82, 2.24) is 0 Å². The maximum Gasteiger partial charge on any atom is 1.00 e. The molecule has 296 valence electrons. The number of carbonyl (C=O) groups is 5. The molecule has 2 aromatic rings. The van der Waals surface area contributed by atoms with Crippen LogP contribution in [0.15, 0.2) is 60.7 Å². The van der Waals surface area contributed by atoms with Gasteiger partial charge in [0.15, 0.2) is 17.6 Å². The van der Waals surface area contributed by atoms with E-state index in [-0.39, 0.29) is 51.9 Å². The van der Waals surface area contributed by atoms with Crippen LogP contribution in [0.3, 0.4) is 0 Å². The molecule has 2 unspecified atom stereocenters. The minimum Gasteiger partial charge on any atom is -0.857 e. The van der Waals surface area contributed by atoms with E-state index in [9.17, 15) is 29.1 Å². The second-order valence-corrected chi connectivity index (χ2v) is 14.6. The average molecular weight is 805 g/mol. The van der Waals surface area contributed by atoms with Crippen molar-refractivity contribution in [3.8, 4) is 0 Å². The van der Waals surface area contributed by atoms with Crippen LogP contribution in [-0.2, 0) is 38.1 Å². The molecule has 2 aliphatic heterocycles. The molecule has 2 saturated heterocycles. The van der Waals surface area contributed by atoms with E-state index >= 15 is 0 Å². The fraction of sp³-hybridized carbons (Fsp3) is 0.553. The summed E-state index contributed by atoms with van der Waals surface area (Å²) in [6, 6.07) is 17.3. The van der Waals surface area contributed by atoms with Crippen molar-refractivity contribution in [2.45, 2.75) is 107 Å². The fourth-order valence-electron chi connectivity index (χ4n) is 5.80. The Labute approximate surface area is 348 Å². The Bertz CT molecular complexity index is 1420. The first-order chi connectivity index (χ1) is 25.3. The number of hydrogen-bond acceptors (Lipinski definition) is 15. The largest absolute Gasteiger partial charge is 1.00 e. The van der Waals surface area contributed by atoms with E-state index in [4.69, 9.17) is 33.9 Å². The summed E-state index contributed by atoms with van der Waals surface area (Å²) in [5.41, 5.74) is -0.832. The number of esters is 5. The summed E-state index contributed by atoms with van der Waals surface area (Å²) in [4.78, 5) is 59.1. The molecule has 16 heteroatoms. The van der Waals surface area contributed by atoms with E-state index in [1.807, 2.05) is 33.8 Å². The quantitative estimate of drug-likeness (QED) is 0.210. The molecule has 2 aromatic carbocycles. The molecular weight excluding hydrogens is 752 g/mol. The summed E-state index contributed by atoms with van der Waals surface area (Å²) >= 11 is 2.79. The Kier molecular flexibility index (Phi) is 25.7. The molecule has 0 saturated carbocycles. The zero-order valence-corrected chi connectivity index (χ0v) is 36.3. The van der Waals surface area contributed by atoms with Crippen molar-refractivity contribution in [3.05, 3.63) is 71.8 Å². The second kappa shape index (κ2) is 27.0. The van der Waals surface area contributed by atoms with Gasteiger partial charge < -0.3 is 39.0 Å². The summed E-state index contributed by atoms with van der Waals surface area (Å²) in [6.45, 7) is 11.8. The van der Waals surface area contributed by atoms with Gasteiger partial charge >= 0.3 is 59.4 Å². The first-order valence-corrected chi connectivity index (χ1v) is 19.0. The minimum absolute atomic E-state index is 0. The molecule has 2 heterocycles. The zero-order chi connectivity index (χ0) is 40.2. The van der Waals surface area contributed by atoms with Gasteiger partial charge in [0.2, 0.25) is 0 Å². The van der Waals surface area contributed by atoms with Crippen molar-refractivity contribution in [2.24, 2.45) is 11.8 Å². The summed E-state index contributed by atoms with van der Waals surface area (Å²) in [6.07, 6.45) is -1.46. The van der Waals surface area contributed by atoms with Gasteiger partial charge in [-0.3, -0.25) is 14.4 Å². The van der Waals surface area contributed by atoms with E-state index < -0.39 is 65.1 Å². The number of aliphatic hydroxyl groups excluding tert-OH is 2. The maximum absolute atomic E-state index is 12.6. The third kappa shape index (κ3) is 15.8. The molecule has 2 fully saturated rings. The van der Waals surface area contributed by atoms with E-state index in [1.165, 1.54) is 44.3 Å². The topological polar surface area (TPSA) is 195 Å². The van der Waals surface area contributed by atoms with Crippen LogP contribution in [-0.4, -0.2) is 100 Å². The van der Waals surface area contributed by atoms with Crippen LogP contribution in [0.4, 0.5) is 0 Å². The van der Waals surface area contributed by atoms with Gasteiger partial charge in [0.25, 0.3) is 0 Å². The average Bonchev–Trinajstić information content (AvgIpc) is 3.15. The Morgan fingerprint density at radius 2 is 0.944 bits per heavy atom. The molecule has 2 N–H and O–H groups in total. The van der Waals surface area contributed by atoms with Gasteiger partial charge in [0.05, 0.1) is 11.1 Å². The van der Waals surface area contributed by atoms with E-state index in [0.717, 1.165) is 27.1 Å². The van der Waals surface area contributed by atoms with Crippen LogP contribution in [0.2, 0.25) is 0 Å². The molecule has 0 spiro atoms. The Morgan fingerprint density at radius 1 is 0.593 bits per heavy atom. The minimum atomic E-state index is -0.970. The van der Waals surface area contributed by atoms with Gasteiger partial charge in [-0.15, -0.1) is 23.5 Å². The third-order valence-electron chi connectivity index (χ3n) is 8.23. The number of rotatable bonds is 9. The molecule has 54 heavy (non-hydrogen) atoms. The molecule has 0 aliphatic carbocycles. The van der Waals surface area contributed by atoms with Crippen LogP contribution in [0.5, 0.6) is 0 Å². The summed E-state index contributed by atoms with van der Waals surface area (Å²) in [5, 5.41) is 26.1. The fourth-order valence-corrected chi connectivity index (χ4v) is 8.61. The van der Waals surface area contributed by atoms with Crippen molar-refractivity contribution < 1.29 is 92.5 Å². The van der Waals surface area contributed by atoms with Gasteiger partial charge in [-0.1, -0.05) is 64.1 Å². The van der Waals surface area contributed by atoms with Crippen molar-refractivity contribution in [1.29, 1.82) is 0 Å². The standard InChI is InChI=1S/C22H24O5S.C14H22O6S.CH4O.CH3O.Na/c1-3-17-14(2)18(26-20(23)15-10-6-4-7-11-15)19(22(25)28-17)27-21(24)16-12-8-5-9-13-16;1-6-11-7(2)12(18-8(3)15)13(19-9(4)16)14(21-11)20-10(5)17;2*1-2;/h4-14,17-19,22,25H,3H2,1-2H3;7,11-14H,6H2,1-5H3;2H,1H3;1H3;/q;;;-1;+1/t14-,17-,18+,19-,22?;7-,11-,12+,13-,14?;;;/m11.../s1. The first-order valence-electron chi connectivity index (χ1n) is 17.1. The van der Waals surface area contributed by atoms with E-state index in [1.54, 1.807) is 54.6 Å². The molecule has 10 atom stereocenters. The van der Waals surface area contributed by atoms with Crippen LogP contribution >= 0.6 is 23.5 Å². The van der Waals surface area contributed by atoms with Crippen LogP contribution in [0, 0.1) is 11.8 Å². The second-order valence-electron chi connectivity index (χ2n) is 11.9. The van der Waals surface area contributed by atoms with Gasteiger partial charge in [-0.2, -0.15) is 7.11 Å². The smallest absolute Gasteiger partial charge is 0.857 e. The van der Waals surface area contributed by atoms with Crippen molar-refractivity contribution in [3.63, 3.8) is 0 Å². The Balaban J connectivity index is 0.000000969. The van der Waals surface area contributed by atoms with Crippen molar-refractivity contribution >= 4 is 53.4 Å². The Hall–Kier alpha value is -2.63.